The number of rotatable bonds is 4. The standard InChI is InChI=1S/C23H28N4O/c1-16-17(2)27(20-9-5-6-10-20)23(21(16)13-24)25-22(28)15-26-12-11-18-7-3-4-8-19(18)14-26/h3-4,7-8,20H,5-6,9-12,14-15H2,1-2H3,(H,25,28). The van der Waals surface area contributed by atoms with E-state index in [9.17, 15) is 10.1 Å². The minimum Gasteiger partial charge on any atom is -0.327 e. The second-order valence-electron chi connectivity index (χ2n) is 8.13. The van der Waals surface area contributed by atoms with E-state index in [0.717, 1.165) is 43.6 Å². The molecule has 0 radical (unpaired) electrons. The first-order valence-electron chi connectivity index (χ1n) is 10.3. The predicted octanol–water partition coefficient (Wildman–Crippen LogP) is 4.09. The van der Waals surface area contributed by atoms with Crippen molar-refractivity contribution >= 4 is 11.7 Å². The molecule has 0 saturated heterocycles. The molecule has 2 heterocycles. The van der Waals surface area contributed by atoms with E-state index in [-0.39, 0.29) is 5.91 Å². The third kappa shape index (κ3) is 3.45. The number of fused-ring (bicyclic) bond motifs is 1. The molecule has 2 aliphatic rings. The van der Waals surface area contributed by atoms with Gasteiger partial charge in [-0.05, 0) is 49.8 Å². The van der Waals surface area contributed by atoms with Crippen molar-refractivity contribution in [3.8, 4) is 6.07 Å². The molecule has 5 heteroatoms. The van der Waals surface area contributed by atoms with Gasteiger partial charge in [0.15, 0.2) is 0 Å². The SMILES string of the molecule is Cc1c(C#N)c(NC(=O)CN2CCc3ccccc3C2)n(C2CCCC2)c1C. The number of hydrogen-bond acceptors (Lipinski definition) is 3. The van der Waals surface area contributed by atoms with Crippen molar-refractivity contribution in [1.82, 2.24) is 9.47 Å². The van der Waals surface area contributed by atoms with Crippen LogP contribution < -0.4 is 5.32 Å². The topological polar surface area (TPSA) is 61.1 Å². The van der Waals surface area contributed by atoms with Gasteiger partial charge in [0.25, 0.3) is 0 Å². The molecule has 1 fully saturated rings. The minimum atomic E-state index is -0.0346. The molecule has 1 aliphatic heterocycles. The van der Waals surface area contributed by atoms with Gasteiger partial charge < -0.3 is 9.88 Å². The van der Waals surface area contributed by atoms with Crippen LogP contribution in [0.5, 0.6) is 0 Å². The number of nitrogens with one attached hydrogen (secondary N) is 1. The maximum absolute atomic E-state index is 12.9. The van der Waals surface area contributed by atoms with E-state index in [4.69, 9.17) is 0 Å². The van der Waals surface area contributed by atoms with Gasteiger partial charge in [-0.2, -0.15) is 5.26 Å². The second kappa shape index (κ2) is 7.81. The van der Waals surface area contributed by atoms with Crippen LogP contribution in [0, 0.1) is 25.2 Å². The van der Waals surface area contributed by atoms with Crippen molar-refractivity contribution in [2.75, 3.05) is 18.4 Å². The summed E-state index contributed by atoms with van der Waals surface area (Å²) in [6.45, 7) is 6.09. The van der Waals surface area contributed by atoms with Crippen molar-refractivity contribution in [2.24, 2.45) is 0 Å². The van der Waals surface area contributed by atoms with Crippen LogP contribution in [0.3, 0.4) is 0 Å². The number of amides is 1. The van der Waals surface area contributed by atoms with Gasteiger partial charge in [0.05, 0.1) is 12.1 Å². The fourth-order valence-corrected chi connectivity index (χ4v) is 4.77. The van der Waals surface area contributed by atoms with Gasteiger partial charge in [-0.1, -0.05) is 37.1 Å². The van der Waals surface area contributed by atoms with Gasteiger partial charge in [-0.25, -0.2) is 0 Å². The Morgan fingerprint density at radius 1 is 1.21 bits per heavy atom. The highest BCUT2D eigenvalue weighted by Crippen LogP contribution is 2.37. The van der Waals surface area contributed by atoms with Crippen molar-refractivity contribution in [3.05, 3.63) is 52.2 Å². The molecule has 1 N–H and O–H groups in total. The summed E-state index contributed by atoms with van der Waals surface area (Å²) in [4.78, 5) is 15.1. The lowest BCUT2D eigenvalue weighted by atomic mass is 10.00. The Hall–Kier alpha value is -2.58. The average Bonchev–Trinajstić information content (AvgIpc) is 3.29. The van der Waals surface area contributed by atoms with Crippen LogP contribution in [-0.4, -0.2) is 28.5 Å². The summed E-state index contributed by atoms with van der Waals surface area (Å²) < 4.78 is 2.21. The van der Waals surface area contributed by atoms with Crippen molar-refractivity contribution in [3.63, 3.8) is 0 Å². The Labute approximate surface area is 167 Å². The number of benzene rings is 1. The molecule has 1 saturated carbocycles. The highest BCUT2D eigenvalue weighted by molar-refractivity contribution is 5.93. The minimum absolute atomic E-state index is 0.0346. The van der Waals surface area contributed by atoms with E-state index in [1.165, 1.54) is 24.0 Å². The van der Waals surface area contributed by atoms with Gasteiger partial charge in [-0.3, -0.25) is 9.69 Å². The van der Waals surface area contributed by atoms with Crippen molar-refractivity contribution < 1.29 is 4.79 Å². The molecular formula is C23H28N4O. The Balaban J connectivity index is 1.52. The number of hydrogen-bond donors (Lipinski definition) is 1. The first-order chi connectivity index (χ1) is 13.6. The zero-order chi connectivity index (χ0) is 19.7. The fourth-order valence-electron chi connectivity index (χ4n) is 4.77. The molecular weight excluding hydrogens is 348 g/mol. The van der Waals surface area contributed by atoms with Gasteiger partial charge in [0.2, 0.25) is 5.91 Å². The second-order valence-corrected chi connectivity index (χ2v) is 8.13. The lowest BCUT2D eigenvalue weighted by Crippen LogP contribution is -2.37. The summed E-state index contributed by atoms with van der Waals surface area (Å²) in [6, 6.07) is 11.2. The molecule has 0 spiro atoms. The molecule has 0 atom stereocenters. The lowest BCUT2D eigenvalue weighted by Gasteiger charge is -2.28. The molecule has 1 aromatic heterocycles. The summed E-state index contributed by atoms with van der Waals surface area (Å²) in [7, 11) is 0. The first-order valence-corrected chi connectivity index (χ1v) is 10.3. The molecule has 0 bridgehead atoms. The van der Waals surface area contributed by atoms with Crippen LogP contribution in [-0.2, 0) is 17.8 Å². The lowest BCUT2D eigenvalue weighted by molar-refractivity contribution is -0.117. The highest BCUT2D eigenvalue weighted by Gasteiger charge is 2.27. The quantitative estimate of drug-likeness (QED) is 0.874. The van der Waals surface area contributed by atoms with Gasteiger partial charge in [-0.15, -0.1) is 0 Å². The van der Waals surface area contributed by atoms with Crippen LogP contribution in [0.1, 0.15) is 59.7 Å². The van der Waals surface area contributed by atoms with Gasteiger partial charge in [0.1, 0.15) is 11.9 Å². The van der Waals surface area contributed by atoms with E-state index >= 15 is 0 Å². The molecule has 146 valence electrons. The van der Waals surface area contributed by atoms with E-state index in [0.29, 0.717) is 24.0 Å². The first kappa shape index (κ1) is 18.8. The van der Waals surface area contributed by atoms with E-state index in [2.05, 4.69) is 52.0 Å². The summed E-state index contributed by atoms with van der Waals surface area (Å²) in [5, 5.41) is 12.8. The number of anilines is 1. The smallest absolute Gasteiger partial charge is 0.239 e. The van der Waals surface area contributed by atoms with E-state index in [1.807, 2.05) is 6.92 Å². The van der Waals surface area contributed by atoms with Crippen LogP contribution in [0.2, 0.25) is 0 Å². The van der Waals surface area contributed by atoms with Crippen molar-refractivity contribution in [2.45, 2.75) is 58.5 Å². The number of carbonyl (C=O) groups excluding carboxylic acids is 1. The Kier molecular flexibility index (Phi) is 5.23. The Morgan fingerprint density at radius 2 is 1.93 bits per heavy atom. The number of nitriles is 1. The van der Waals surface area contributed by atoms with Crippen LogP contribution in [0.25, 0.3) is 0 Å². The summed E-state index contributed by atoms with van der Waals surface area (Å²) >= 11 is 0. The maximum atomic E-state index is 12.9. The maximum Gasteiger partial charge on any atom is 0.239 e. The van der Waals surface area contributed by atoms with Crippen LogP contribution in [0.15, 0.2) is 24.3 Å². The molecule has 4 rings (SSSR count). The zero-order valence-electron chi connectivity index (χ0n) is 16.8. The van der Waals surface area contributed by atoms with Crippen LogP contribution in [0.4, 0.5) is 5.82 Å². The molecule has 0 unspecified atom stereocenters. The molecule has 28 heavy (non-hydrogen) atoms. The molecule has 1 amide bonds. The zero-order valence-corrected chi connectivity index (χ0v) is 16.8. The summed E-state index contributed by atoms with van der Waals surface area (Å²) in [5.41, 5.74) is 5.39. The fraction of sp³-hybridized carbons (Fsp3) is 0.478. The van der Waals surface area contributed by atoms with Crippen LogP contribution >= 0.6 is 0 Å². The third-order valence-electron chi connectivity index (χ3n) is 6.39. The normalized spacial score (nSPS) is 17.3. The number of aromatic nitrogens is 1. The Bertz CT molecular complexity index is 931. The molecule has 2 aromatic rings. The molecule has 1 aromatic carbocycles. The number of nitrogens with zero attached hydrogens (tertiary/aromatic N) is 3. The van der Waals surface area contributed by atoms with Gasteiger partial charge in [0, 0.05) is 24.8 Å². The molecule has 5 nitrogen and oxygen atoms in total. The number of carbonyl (C=O) groups is 1. The Morgan fingerprint density at radius 3 is 2.64 bits per heavy atom. The van der Waals surface area contributed by atoms with Crippen molar-refractivity contribution in [1.29, 1.82) is 5.26 Å². The van der Waals surface area contributed by atoms with Gasteiger partial charge >= 0.3 is 0 Å². The van der Waals surface area contributed by atoms with E-state index in [1.54, 1.807) is 0 Å². The monoisotopic (exact) mass is 376 g/mol. The summed E-state index contributed by atoms with van der Waals surface area (Å²) in [6.07, 6.45) is 5.63. The highest BCUT2D eigenvalue weighted by atomic mass is 16.2. The third-order valence-corrected chi connectivity index (χ3v) is 6.39. The molecule has 1 aliphatic carbocycles. The van der Waals surface area contributed by atoms with E-state index < -0.39 is 0 Å². The largest absolute Gasteiger partial charge is 0.327 e. The predicted molar refractivity (Wildman–Crippen MR) is 110 cm³/mol. The summed E-state index contributed by atoms with van der Waals surface area (Å²) in [5.74, 6) is 0.666. The average molecular weight is 377 g/mol.